The first-order valence-electron chi connectivity index (χ1n) is 14.2. The van der Waals surface area contributed by atoms with Crippen LogP contribution in [0.1, 0.15) is 31.7 Å². The largest absolute Gasteiger partial charge is 0.493 e. The Hall–Kier alpha value is -3.24. The molecule has 1 fully saturated rings. The fraction of sp³-hybridized carbons (Fsp3) is 0.344. The summed E-state index contributed by atoms with van der Waals surface area (Å²) in [6.45, 7) is 8.07. The minimum absolute atomic E-state index is 0.0392. The molecule has 1 aliphatic rings. The lowest BCUT2D eigenvalue weighted by molar-refractivity contribution is 0.176. The van der Waals surface area contributed by atoms with Crippen LogP contribution in [0.3, 0.4) is 0 Å². The Bertz CT molecular complexity index is 1690. The number of hydrogen-bond acceptors (Lipinski definition) is 7. The Balaban J connectivity index is 1.29. The van der Waals surface area contributed by atoms with E-state index in [0.717, 1.165) is 37.4 Å². The number of anilines is 1. The molecule has 43 heavy (non-hydrogen) atoms. The standard InChI is InChI=1S/C32H35Cl2N3O5S/c1-21-11-15-37(16-12-21)14-5-17-41-31-20-27-24(19-30(31)40-3)29(10-13-35-27)42-28-9-8-23(18-22(28)2)36-43(38,39)32-25(33)6-4-7-26(32)34/h4,6-10,13,18-21,36H,5,11-12,14-17H2,1-3H3. The van der Waals surface area contributed by atoms with Crippen LogP contribution < -0.4 is 18.9 Å². The first-order valence-corrected chi connectivity index (χ1v) is 16.5. The Morgan fingerprint density at radius 3 is 2.42 bits per heavy atom. The van der Waals surface area contributed by atoms with Gasteiger partial charge >= 0.3 is 0 Å². The number of hydrogen-bond donors (Lipinski definition) is 1. The molecule has 0 atom stereocenters. The van der Waals surface area contributed by atoms with Crippen LogP contribution in [-0.4, -0.2) is 51.7 Å². The molecule has 1 N–H and O–H groups in total. The van der Waals surface area contributed by atoms with Crippen LogP contribution in [0.2, 0.25) is 10.0 Å². The highest BCUT2D eigenvalue weighted by Crippen LogP contribution is 2.38. The Morgan fingerprint density at radius 2 is 1.72 bits per heavy atom. The second-order valence-electron chi connectivity index (χ2n) is 10.8. The summed E-state index contributed by atoms with van der Waals surface area (Å²) in [6, 6.07) is 15.0. The molecule has 0 aliphatic carbocycles. The van der Waals surface area contributed by atoms with E-state index in [-0.39, 0.29) is 14.9 Å². The van der Waals surface area contributed by atoms with E-state index in [1.54, 1.807) is 43.6 Å². The van der Waals surface area contributed by atoms with Gasteiger partial charge in [0.25, 0.3) is 10.0 Å². The number of aryl methyl sites for hydroxylation is 1. The first-order chi connectivity index (χ1) is 20.6. The summed E-state index contributed by atoms with van der Waals surface area (Å²) in [5.74, 6) is 3.18. The zero-order valence-electron chi connectivity index (χ0n) is 24.4. The van der Waals surface area contributed by atoms with E-state index in [2.05, 4.69) is 21.5 Å². The van der Waals surface area contributed by atoms with Gasteiger partial charge in [-0.15, -0.1) is 0 Å². The van der Waals surface area contributed by atoms with Crippen molar-refractivity contribution in [3.8, 4) is 23.0 Å². The van der Waals surface area contributed by atoms with Crippen LogP contribution in [0.5, 0.6) is 23.0 Å². The third-order valence-corrected chi connectivity index (χ3v) is 9.91. The molecule has 0 bridgehead atoms. The highest BCUT2D eigenvalue weighted by atomic mass is 35.5. The third kappa shape index (κ3) is 7.47. The van der Waals surface area contributed by atoms with Crippen LogP contribution in [0.25, 0.3) is 10.9 Å². The van der Waals surface area contributed by atoms with Gasteiger partial charge in [0.1, 0.15) is 16.4 Å². The van der Waals surface area contributed by atoms with E-state index in [1.165, 1.54) is 25.0 Å². The molecule has 228 valence electrons. The van der Waals surface area contributed by atoms with Crippen molar-refractivity contribution in [2.45, 2.75) is 38.0 Å². The number of halogens is 2. The third-order valence-electron chi connectivity index (χ3n) is 7.57. The Labute approximate surface area is 262 Å². The predicted molar refractivity (Wildman–Crippen MR) is 172 cm³/mol. The predicted octanol–water partition coefficient (Wildman–Crippen LogP) is 7.95. The van der Waals surface area contributed by atoms with E-state index in [0.29, 0.717) is 46.4 Å². The fourth-order valence-corrected chi connectivity index (χ4v) is 7.33. The van der Waals surface area contributed by atoms with Crippen molar-refractivity contribution >= 4 is 49.8 Å². The lowest BCUT2D eigenvalue weighted by Crippen LogP contribution is -2.34. The van der Waals surface area contributed by atoms with E-state index in [4.69, 9.17) is 37.4 Å². The second-order valence-corrected chi connectivity index (χ2v) is 13.2. The molecule has 2 heterocycles. The van der Waals surface area contributed by atoms with Gasteiger partial charge in [0.05, 0.1) is 29.3 Å². The van der Waals surface area contributed by atoms with Gasteiger partial charge in [-0.05, 0) is 93.2 Å². The van der Waals surface area contributed by atoms with Crippen molar-refractivity contribution in [3.63, 3.8) is 0 Å². The van der Waals surface area contributed by atoms with Crippen molar-refractivity contribution in [2.75, 3.05) is 38.1 Å². The maximum Gasteiger partial charge on any atom is 0.264 e. The highest BCUT2D eigenvalue weighted by Gasteiger charge is 2.22. The molecular weight excluding hydrogens is 609 g/mol. The van der Waals surface area contributed by atoms with Gasteiger partial charge < -0.3 is 19.1 Å². The molecule has 0 unspecified atom stereocenters. The average molecular weight is 645 g/mol. The van der Waals surface area contributed by atoms with Crippen LogP contribution in [0.4, 0.5) is 5.69 Å². The molecule has 1 aliphatic heterocycles. The minimum Gasteiger partial charge on any atom is -0.493 e. The highest BCUT2D eigenvalue weighted by molar-refractivity contribution is 7.93. The summed E-state index contributed by atoms with van der Waals surface area (Å²) in [6.07, 6.45) is 5.13. The molecule has 0 amide bonds. The average Bonchev–Trinajstić information content (AvgIpc) is 2.97. The zero-order valence-corrected chi connectivity index (χ0v) is 26.7. The number of ether oxygens (including phenoxy) is 3. The Kier molecular flexibility index (Phi) is 9.86. The van der Waals surface area contributed by atoms with Gasteiger partial charge in [-0.2, -0.15) is 0 Å². The SMILES string of the molecule is COc1cc2c(Oc3ccc(NS(=O)(=O)c4c(Cl)cccc4Cl)cc3C)ccnc2cc1OCCCN1CCC(C)CC1. The van der Waals surface area contributed by atoms with E-state index in [9.17, 15) is 8.42 Å². The van der Waals surface area contributed by atoms with Gasteiger partial charge in [0.2, 0.25) is 0 Å². The Morgan fingerprint density at radius 1 is 0.977 bits per heavy atom. The monoisotopic (exact) mass is 643 g/mol. The molecule has 11 heteroatoms. The molecule has 4 aromatic rings. The molecule has 1 saturated heterocycles. The second kappa shape index (κ2) is 13.6. The number of aromatic nitrogens is 1. The van der Waals surface area contributed by atoms with E-state index in [1.807, 2.05) is 19.1 Å². The summed E-state index contributed by atoms with van der Waals surface area (Å²) in [5, 5.41) is 0.835. The van der Waals surface area contributed by atoms with Crippen molar-refractivity contribution < 1.29 is 22.6 Å². The molecular formula is C32H35Cl2N3O5S. The number of likely N-dealkylation sites (tertiary alicyclic amines) is 1. The number of piperidine rings is 1. The van der Waals surface area contributed by atoms with Gasteiger partial charge in [0.15, 0.2) is 11.5 Å². The number of nitrogens with zero attached hydrogens (tertiary/aromatic N) is 2. The summed E-state index contributed by atoms with van der Waals surface area (Å²) in [5.41, 5.74) is 1.76. The van der Waals surface area contributed by atoms with Crippen molar-refractivity contribution in [3.05, 3.63) is 76.4 Å². The molecule has 0 saturated carbocycles. The van der Waals surface area contributed by atoms with Crippen molar-refractivity contribution in [1.82, 2.24) is 9.88 Å². The first kappa shape index (κ1) is 31.2. The summed E-state index contributed by atoms with van der Waals surface area (Å²) in [4.78, 5) is 6.86. The lowest BCUT2D eigenvalue weighted by Gasteiger charge is -2.30. The summed E-state index contributed by atoms with van der Waals surface area (Å²) >= 11 is 12.2. The van der Waals surface area contributed by atoms with Crippen LogP contribution in [0.15, 0.2) is 65.7 Å². The molecule has 0 radical (unpaired) electrons. The number of methoxy groups -OCH3 is 1. The number of nitrogens with one attached hydrogen (secondary N) is 1. The van der Waals surface area contributed by atoms with Gasteiger partial charge in [0, 0.05) is 29.9 Å². The summed E-state index contributed by atoms with van der Waals surface area (Å²) in [7, 11) is -2.40. The molecule has 1 aromatic heterocycles. The topological polar surface area (TPSA) is 90.0 Å². The smallest absolute Gasteiger partial charge is 0.264 e. The number of benzene rings is 3. The normalized spacial score (nSPS) is 14.5. The minimum atomic E-state index is -4.01. The van der Waals surface area contributed by atoms with Gasteiger partial charge in [-0.3, -0.25) is 9.71 Å². The van der Waals surface area contributed by atoms with Gasteiger partial charge in [-0.1, -0.05) is 36.2 Å². The van der Waals surface area contributed by atoms with E-state index >= 15 is 0 Å². The molecule has 3 aromatic carbocycles. The molecule has 0 spiro atoms. The van der Waals surface area contributed by atoms with Crippen molar-refractivity contribution in [1.29, 1.82) is 0 Å². The van der Waals surface area contributed by atoms with Crippen LogP contribution in [-0.2, 0) is 10.0 Å². The van der Waals surface area contributed by atoms with Crippen molar-refractivity contribution in [2.24, 2.45) is 5.92 Å². The maximum atomic E-state index is 13.0. The fourth-order valence-electron chi connectivity index (χ4n) is 5.14. The lowest BCUT2D eigenvalue weighted by atomic mass is 9.99. The molecule has 8 nitrogen and oxygen atoms in total. The number of sulfonamides is 1. The number of fused-ring (bicyclic) bond motifs is 1. The van der Waals surface area contributed by atoms with Gasteiger partial charge in [-0.25, -0.2) is 8.42 Å². The maximum absolute atomic E-state index is 13.0. The number of rotatable bonds is 11. The number of pyridine rings is 1. The van der Waals surface area contributed by atoms with Crippen LogP contribution >= 0.6 is 23.2 Å². The molecule has 5 rings (SSSR count). The van der Waals surface area contributed by atoms with Crippen LogP contribution in [0, 0.1) is 12.8 Å². The van der Waals surface area contributed by atoms with E-state index < -0.39 is 10.0 Å². The quantitative estimate of drug-likeness (QED) is 0.166. The zero-order chi connectivity index (χ0) is 30.6. The summed E-state index contributed by atoms with van der Waals surface area (Å²) < 4.78 is 46.6.